The summed E-state index contributed by atoms with van der Waals surface area (Å²) in [6.45, 7) is 7.30. The minimum absolute atomic E-state index is 0.301. The minimum atomic E-state index is -1.14. The summed E-state index contributed by atoms with van der Waals surface area (Å²) in [6, 6.07) is 5.52. The quantitative estimate of drug-likeness (QED) is 0.512. The van der Waals surface area contributed by atoms with Crippen LogP contribution in [0.4, 0.5) is 4.79 Å². The first kappa shape index (κ1) is 27.9. The van der Waals surface area contributed by atoms with Crippen LogP contribution in [0.15, 0.2) is 39.5 Å². The van der Waals surface area contributed by atoms with Gasteiger partial charge >= 0.3 is 11.8 Å². The van der Waals surface area contributed by atoms with Crippen LogP contribution in [0.3, 0.4) is 0 Å². The number of amides is 3. The van der Waals surface area contributed by atoms with Crippen LogP contribution < -0.4 is 11.5 Å². The number of rotatable bonds is 8. The molecular formula is C25H33N5O7. The third-order valence-corrected chi connectivity index (χ3v) is 6.40. The highest BCUT2D eigenvalue weighted by Gasteiger charge is 2.46. The molecule has 0 saturated carbocycles. The number of para-hydroxylation sites is 1. The normalized spacial score (nSPS) is 17.6. The molecule has 1 aromatic heterocycles. The number of hydrogen-bond acceptors (Lipinski definition) is 10. The molecule has 37 heavy (non-hydrogen) atoms. The number of likely N-dealkylation sites (tertiary alicyclic amines) is 1. The van der Waals surface area contributed by atoms with E-state index in [1.807, 2.05) is 0 Å². The third-order valence-electron chi connectivity index (χ3n) is 6.40. The molecule has 0 unspecified atom stereocenters. The number of ether oxygens (including phenoxy) is 1. The van der Waals surface area contributed by atoms with Gasteiger partial charge in [-0.15, -0.1) is 5.10 Å². The lowest BCUT2D eigenvalue weighted by atomic mass is 9.96. The van der Waals surface area contributed by atoms with Gasteiger partial charge in [0.25, 0.3) is 17.7 Å². The van der Waals surface area contributed by atoms with E-state index < -0.39 is 53.5 Å². The van der Waals surface area contributed by atoms with E-state index >= 15 is 0 Å². The molecular weight excluding hydrogens is 482 g/mol. The van der Waals surface area contributed by atoms with Crippen molar-refractivity contribution in [1.82, 2.24) is 19.6 Å². The van der Waals surface area contributed by atoms with Crippen LogP contribution >= 0.6 is 0 Å². The van der Waals surface area contributed by atoms with Crippen molar-refractivity contribution in [3.05, 3.63) is 46.8 Å². The number of aromatic nitrogens is 2. The first-order valence-corrected chi connectivity index (χ1v) is 12.2. The number of methoxy groups -OCH3 is 1. The van der Waals surface area contributed by atoms with Crippen LogP contribution in [0, 0.1) is 11.8 Å². The van der Waals surface area contributed by atoms with Crippen molar-refractivity contribution < 1.29 is 28.3 Å². The smallest absolute Gasteiger partial charge is 0.442 e. The number of carbonyl (C=O) groups excluding carboxylic acids is 4. The molecule has 12 nitrogen and oxygen atoms in total. The van der Waals surface area contributed by atoms with E-state index in [0.29, 0.717) is 30.0 Å². The maximum Gasteiger partial charge on any atom is 0.442 e. The number of Topliss-reactive ketones (excluding diaryl/α,β-unsaturated/α-hetero) is 1. The highest BCUT2D eigenvalue weighted by Crippen LogP contribution is 2.28. The Morgan fingerprint density at radius 3 is 2.32 bits per heavy atom. The van der Waals surface area contributed by atoms with Crippen molar-refractivity contribution in [2.24, 2.45) is 17.6 Å². The largest absolute Gasteiger partial charge is 0.452 e. The van der Waals surface area contributed by atoms with Gasteiger partial charge in [0, 0.05) is 0 Å². The summed E-state index contributed by atoms with van der Waals surface area (Å²) in [5, 5.41) is 4.09. The van der Waals surface area contributed by atoms with Crippen molar-refractivity contribution in [2.75, 3.05) is 13.7 Å². The zero-order valence-corrected chi connectivity index (χ0v) is 21.6. The Hall–Kier alpha value is -3.64. The molecule has 0 spiro atoms. The molecule has 0 radical (unpaired) electrons. The molecule has 1 aliphatic heterocycles. The fourth-order valence-electron chi connectivity index (χ4n) is 4.42. The number of benzene rings is 1. The van der Waals surface area contributed by atoms with Gasteiger partial charge in [-0.05, 0) is 43.4 Å². The standard InChI is InChI=1S/C25H33N5O7/c1-14(2)18(26)23(33)29(24(34)36-5)22(32)17-12-9-13-28(17)19(15(3)4)20(31)21-27-30(25(35)37-21)16-10-7-6-8-11-16/h6-8,10-11,14-15,17-19H,9,12-13,26H2,1-5H3/t17-,18-,19-/m0/s1. The van der Waals surface area contributed by atoms with Crippen LogP contribution in [0.2, 0.25) is 0 Å². The van der Waals surface area contributed by atoms with Crippen molar-refractivity contribution >= 4 is 23.7 Å². The molecule has 2 aromatic rings. The van der Waals surface area contributed by atoms with Crippen molar-refractivity contribution in [3.8, 4) is 5.69 Å². The molecule has 3 rings (SSSR count). The van der Waals surface area contributed by atoms with Crippen LogP contribution in [0.5, 0.6) is 0 Å². The lowest BCUT2D eigenvalue weighted by Crippen LogP contribution is -2.58. The molecule has 0 bridgehead atoms. The average Bonchev–Trinajstić information content (AvgIpc) is 3.50. The molecule has 1 fully saturated rings. The van der Waals surface area contributed by atoms with E-state index in [2.05, 4.69) is 5.10 Å². The average molecular weight is 516 g/mol. The molecule has 0 aliphatic carbocycles. The second-order valence-electron chi connectivity index (χ2n) is 9.62. The number of carbonyl (C=O) groups is 4. The van der Waals surface area contributed by atoms with Crippen molar-refractivity contribution in [2.45, 2.75) is 58.7 Å². The third kappa shape index (κ3) is 5.70. The van der Waals surface area contributed by atoms with E-state index in [1.54, 1.807) is 62.9 Å². The lowest BCUT2D eigenvalue weighted by molar-refractivity contribution is -0.146. The Balaban J connectivity index is 1.94. The zero-order chi connectivity index (χ0) is 27.4. The summed E-state index contributed by atoms with van der Waals surface area (Å²) in [4.78, 5) is 67.1. The number of imide groups is 3. The summed E-state index contributed by atoms with van der Waals surface area (Å²) in [6.07, 6.45) is -0.303. The maximum atomic E-state index is 13.6. The molecule has 1 aromatic carbocycles. The second kappa shape index (κ2) is 11.6. The zero-order valence-electron chi connectivity index (χ0n) is 21.6. The Bertz CT molecular complexity index is 1200. The lowest BCUT2D eigenvalue weighted by Gasteiger charge is -2.34. The Morgan fingerprint density at radius 2 is 1.76 bits per heavy atom. The maximum absolute atomic E-state index is 13.6. The number of ketones is 1. The molecule has 1 aliphatic rings. The summed E-state index contributed by atoms with van der Waals surface area (Å²) < 4.78 is 10.9. The minimum Gasteiger partial charge on any atom is -0.452 e. The summed E-state index contributed by atoms with van der Waals surface area (Å²) in [7, 11) is 1.06. The van der Waals surface area contributed by atoms with Crippen molar-refractivity contribution in [1.29, 1.82) is 0 Å². The van der Waals surface area contributed by atoms with Crippen LogP contribution in [-0.2, 0) is 14.3 Å². The predicted molar refractivity (Wildman–Crippen MR) is 132 cm³/mol. The molecule has 2 N–H and O–H groups in total. The molecule has 3 atom stereocenters. The van der Waals surface area contributed by atoms with Gasteiger partial charge in [0.15, 0.2) is 0 Å². The van der Waals surface area contributed by atoms with Gasteiger partial charge in [-0.1, -0.05) is 45.9 Å². The monoisotopic (exact) mass is 515 g/mol. The topological polar surface area (TPSA) is 158 Å². The molecule has 3 amide bonds. The first-order valence-electron chi connectivity index (χ1n) is 12.2. The highest BCUT2D eigenvalue weighted by atomic mass is 16.5. The summed E-state index contributed by atoms with van der Waals surface area (Å²) in [5.74, 6) is -4.16. The van der Waals surface area contributed by atoms with Crippen LogP contribution in [0.1, 0.15) is 51.2 Å². The van der Waals surface area contributed by atoms with E-state index in [-0.39, 0.29) is 11.8 Å². The van der Waals surface area contributed by atoms with Gasteiger partial charge in [-0.3, -0.25) is 19.3 Å². The first-order chi connectivity index (χ1) is 17.5. The molecule has 2 heterocycles. The summed E-state index contributed by atoms with van der Waals surface area (Å²) >= 11 is 0. The SMILES string of the molecule is COC(=O)N(C(=O)[C@@H](N)C(C)C)C(=O)[C@@H]1CCCN1[C@H](C(=O)c1nn(-c2ccccc2)c(=O)o1)C(C)C. The van der Waals surface area contributed by atoms with Crippen LogP contribution in [0.25, 0.3) is 5.69 Å². The fraction of sp³-hybridized carbons (Fsp3) is 0.520. The second-order valence-corrected chi connectivity index (χ2v) is 9.62. The van der Waals surface area contributed by atoms with Crippen molar-refractivity contribution in [3.63, 3.8) is 0 Å². The summed E-state index contributed by atoms with van der Waals surface area (Å²) in [5.41, 5.74) is 6.38. The predicted octanol–water partition coefficient (Wildman–Crippen LogP) is 1.60. The van der Waals surface area contributed by atoms with Gasteiger partial charge in [-0.25, -0.2) is 9.59 Å². The number of nitrogens with zero attached hydrogens (tertiary/aromatic N) is 4. The van der Waals surface area contributed by atoms with Gasteiger partial charge in [0.05, 0.1) is 30.9 Å². The fourth-order valence-corrected chi connectivity index (χ4v) is 4.42. The molecule has 1 saturated heterocycles. The number of nitrogens with two attached hydrogens (primary N) is 1. The van der Waals surface area contributed by atoms with Gasteiger partial charge in [0.2, 0.25) is 5.78 Å². The molecule has 12 heteroatoms. The van der Waals surface area contributed by atoms with Crippen LogP contribution in [-0.4, -0.2) is 75.1 Å². The van der Waals surface area contributed by atoms with E-state index in [1.165, 1.54) is 0 Å². The Labute approximate surface area is 214 Å². The van der Waals surface area contributed by atoms with E-state index in [4.69, 9.17) is 14.9 Å². The number of hydrogen-bond donors (Lipinski definition) is 1. The highest BCUT2D eigenvalue weighted by molar-refractivity contribution is 6.12. The van der Waals surface area contributed by atoms with E-state index in [9.17, 15) is 24.0 Å². The van der Waals surface area contributed by atoms with Gasteiger partial charge in [0.1, 0.15) is 0 Å². The Morgan fingerprint density at radius 1 is 1.11 bits per heavy atom. The van der Waals surface area contributed by atoms with Gasteiger partial charge < -0.3 is 14.9 Å². The Kier molecular flexibility index (Phi) is 8.77. The molecule has 200 valence electrons. The van der Waals surface area contributed by atoms with E-state index in [0.717, 1.165) is 11.8 Å². The van der Waals surface area contributed by atoms with Gasteiger partial charge in [-0.2, -0.15) is 9.58 Å².